The minimum Gasteiger partial charge on any atom is -0.385 e. The Balaban J connectivity index is 1.44. The molecule has 5 heteroatoms. The maximum atomic E-state index is 13.1. The molecule has 2 heterocycles. The van der Waals surface area contributed by atoms with Crippen molar-refractivity contribution in [2.24, 2.45) is 5.92 Å². The molecule has 0 bridgehead atoms. The predicted molar refractivity (Wildman–Crippen MR) is 100.0 cm³/mol. The Morgan fingerprint density at radius 2 is 1.62 bits per heavy atom. The largest absolute Gasteiger partial charge is 0.385 e. The topological polar surface area (TPSA) is 64.6 Å². The van der Waals surface area contributed by atoms with Gasteiger partial charge >= 0.3 is 0 Å². The molecule has 1 amide bonds. The summed E-state index contributed by atoms with van der Waals surface area (Å²) in [5.74, 6) is 0.0341. The minimum atomic E-state index is -0.830. The number of carbonyl (C=O) groups is 1. The van der Waals surface area contributed by atoms with Crippen LogP contribution in [-0.4, -0.2) is 35.5 Å². The molecule has 0 aliphatic carbocycles. The van der Waals surface area contributed by atoms with E-state index >= 15 is 0 Å². The zero-order valence-corrected chi connectivity index (χ0v) is 14.8. The van der Waals surface area contributed by atoms with E-state index in [4.69, 9.17) is 0 Å². The van der Waals surface area contributed by atoms with Crippen molar-refractivity contribution in [2.75, 3.05) is 19.6 Å². The number of nitrogens with one attached hydrogen (secondary N) is 2. The quantitative estimate of drug-likeness (QED) is 0.791. The summed E-state index contributed by atoms with van der Waals surface area (Å²) >= 11 is 0. The molecule has 0 aromatic heterocycles. The summed E-state index contributed by atoms with van der Waals surface area (Å²) in [4.78, 5) is 15.0. The van der Waals surface area contributed by atoms with Crippen LogP contribution in [0.1, 0.15) is 30.0 Å². The lowest BCUT2D eigenvalue weighted by Crippen LogP contribution is -2.48. The van der Waals surface area contributed by atoms with Gasteiger partial charge in [-0.3, -0.25) is 10.2 Å². The summed E-state index contributed by atoms with van der Waals surface area (Å²) in [5, 5.41) is 11.0. The van der Waals surface area contributed by atoms with Gasteiger partial charge in [-0.2, -0.15) is 0 Å². The zero-order valence-electron chi connectivity index (χ0n) is 14.8. The molecule has 2 atom stereocenters. The van der Waals surface area contributed by atoms with Gasteiger partial charge in [-0.15, -0.1) is 0 Å². The molecule has 2 saturated heterocycles. The maximum Gasteiger partial charge on any atom is 0.229 e. The average molecular weight is 351 g/mol. The van der Waals surface area contributed by atoms with Gasteiger partial charge in [0.25, 0.3) is 0 Å². The number of hydrogen-bond acceptors (Lipinski definition) is 4. The van der Waals surface area contributed by atoms with Crippen molar-refractivity contribution in [3.8, 4) is 0 Å². The second-order valence-electron chi connectivity index (χ2n) is 7.24. The number of carbonyl (C=O) groups excluding carboxylic acids is 1. The molecular weight excluding hydrogens is 326 g/mol. The summed E-state index contributed by atoms with van der Waals surface area (Å²) in [6.45, 7) is 1.79. The lowest BCUT2D eigenvalue weighted by Gasteiger charge is -2.39. The van der Waals surface area contributed by atoms with Gasteiger partial charge < -0.3 is 10.0 Å². The Bertz CT molecular complexity index is 742. The van der Waals surface area contributed by atoms with Gasteiger partial charge in [0.1, 0.15) is 0 Å². The third kappa shape index (κ3) is 3.26. The first-order valence-corrected chi connectivity index (χ1v) is 9.27. The molecule has 2 aliphatic heterocycles. The average Bonchev–Trinajstić information content (AvgIpc) is 3.19. The first kappa shape index (κ1) is 17.2. The molecule has 2 aliphatic rings. The number of rotatable bonds is 3. The fourth-order valence-electron chi connectivity index (χ4n) is 4.07. The third-order valence-corrected chi connectivity index (χ3v) is 5.67. The summed E-state index contributed by atoms with van der Waals surface area (Å²) in [5.41, 5.74) is 7.61. The number of aliphatic hydroxyl groups is 1. The van der Waals surface area contributed by atoms with Gasteiger partial charge in [-0.1, -0.05) is 60.7 Å². The molecule has 2 aromatic carbocycles. The van der Waals surface area contributed by atoms with Crippen LogP contribution >= 0.6 is 0 Å². The van der Waals surface area contributed by atoms with E-state index in [0.717, 1.165) is 11.1 Å². The van der Waals surface area contributed by atoms with E-state index in [-0.39, 0.29) is 17.9 Å². The second-order valence-corrected chi connectivity index (χ2v) is 7.24. The molecule has 4 rings (SSSR count). The maximum absolute atomic E-state index is 13.1. The van der Waals surface area contributed by atoms with Crippen LogP contribution in [0.15, 0.2) is 60.7 Å². The smallest absolute Gasteiger partial charge is 0.229 e. The van der Waals surface area contributed by atoms with Crippen LogP contribution < -0.4 is 10.9 Å². The zero-order chi connectivity index (χ0) is 18.0. The molecular formula is C21H25N3O2. The van der Waals surface area contributed by atoms with Crippen molar-refractivity contribution in [2.45, 2.75) is 24.5 Å². The summed E-state index contributed by atoms with van der Waals surface area (Å²) in [7, 11) is 0. The fraction of sp³-hybridized carbons (Fsp3) is 0.381. The van der Waals surface area contributed by atoms with Crippen LogP contribution in [0.5, 0.6) is 0 Å². The van der Waals surface area contributed by atoms with Gasteiger partial charge in [-0.05, 0) is 24.0 Å². The monoisotopic (exact) mass is 351 g/mol. The molecule has 3 N–H and O–H groups in total. The van der Waals surface area contributed by atoms with Crippen molar-refractivity contribution in [1.82, 2.24) is 15.8 Å². The number of hydrazine groups is 1. The molecule has 0 radical (unpaired) electrons. The summed E-state index contributed by atoms with van der Waals surface area (Å²) in [6.07, 6.45) is 1.15. The van der Waals surface area contributed by atoms with E-state index in [0.29, 0.717) is 32.5 Å². The van der Waals surface area contributed by atoms with Crippen LogP contribution in [0.3, 0.4) is 0 Å². The van der Waals surface area contributed by atoms with Crippen molar-refractivity contribution in [3.05, 3.63) is 71.8 Å². The summed E-state index contributed by atoms with van der Waals surface area (Å²) < 4.78 is 0. The van der Waals surface area contributed by atoms with E-state index in [1.54, 1.807) is 0 Å². The van der Waals surface area contributed by atoms with Crippen molar-refractivity contribution in [3.63, 3.8) is 0 Å². The van der Waals surface area contributed by atoms with Gasteiger partial charge in [0.05, 0.1) is 17.6 Å². The molecule has 2 unspecified atom stereocenters. The van der Waals surface area contributed by atoms with Gasteiger partial charge in [-0.25, -0.2) is 5.43 Å². The third-order valence-electron chi connectivity index (χ3n) is 5.67. The predicted octanol–water partition coefficient (Wildman–Crippen LogP) is 1.96. The number of nitrogens with zero attached hydrogens (tertiary/aromatic N) is 1. The lowest BCUT2D eigenvalue weighted by molar-refractivity contribution is -0.140. The molecule has 136 valence electrons. The Hall–Kier alpha value is -2.21. The van der Waals surface area contributed by atoms with Crippen LogP contribution in [0.2, 0.25) is 0 Å². The highest BCUT2D eigenvalue weighted by Gasteiger charge is 2.40. The second kappa shape index (κ2) is 7.19. The number of benzene rings is 2. The number of piperidine rings is 1. The normalized spacial score (nSPS) is 25.2. The highest BCUT2D eigenvalue weighted by Crippen LogP contribution is 2.34. The van der Waals surface area contributed by atoms with Crippen molar-refractivity contribution < 1.29 is 9.90 Å². The Labute approximate surface area is 154 Å². The first-order valence-electron chi connectivity index (χ1n) is 9.27. The molecule has 2 aromatic rings. The van der Waals surface area contributed by atoms with Gasteiger partial charge in [0.2, 0.25) is 5.91 Å². The number of amides is 1. The van der Waals surface area contributed by atoms with E-state index in [2.05, 4.69) is 23.0 Å². The Morgan fingerprint density at radius 1 is 1.00 bits per heavy atom. The fourth-order valence-corrected chi connectivity index (χ4v) is 4.07. The van der Waals surface area contributed by atoms with Gasteiger partial charge in [0, 0.05) is 19.6 Å². The molecule has 2 fully saturated rings. The highest BCUT2D eigenvalue weighted by molar-refractivity contribution is 5.80. The van der Waals surface area contributed by atoms with Gasteiger partial charge in [0.15, 0.2) is 0 Å². The molecule has 0 saturated carbocycles. The highest BCUT2D eigenvalue weighted by atomic mass is 16.3. The van der Waals surface area contributed by atoms with Crippen LogP contribution in [0.4, 0.5) is 0 Å². The van der Waals surface area contributed by atoms with Crippen molar-refractivity contribution >= 4 is 5.91 Å². The van der Waals surface area contributed by atoms with E-state index in [9.17, 15) is 9.90 Å². The van der Waals surface area contributed by atoms with Crippen LogP contribution in [-0.2, 0) is 10.4 Å². The lowest BCUT2D eigenvalue weighted by atomic mass is 9.84. The summed E-state index contributed by atoms with van der Waals surface area (Å²) in [6, 6.07) is 19.9. The number of likely N-dealkylation sites (tertiary alicyclic amines) is 1. The standard InChI is InChI=1S/C21H25N3O2/c25-20(18-15-22-23-19(18)16-7-3-1-4-8-16)24-13-11-21(26,12-14-24)17-9-5-2-6-10-17/h1-10,18-19,22-23,26H,11-15H2. The van der Waals surface area contributed by atoms with Crippen molar-refractivity contribution in [1.29, 1.82) is 0 Å². The minimum absolute atomic E-state index is 0.0152. The number of hydrogen-bond donors (Lipinski definition) is 3. The molecule has 0 spiro atoms. The molecule has 5 nitrogen and oxygen atoms in total. The van der Waals surface area contributed by atoms with Crippen LogP contribution in [0.25, 0.3) is 0 Å². The first-order chi connectivity index (χ1) is 12.7. The van der Waals surface area contributed by atoms with Crippen LogP contribution in [0, 0.1) is 5.92 Å². The Kier molecular flexibility index (Phi) is 4.76. The molecule has 26 heavy (non-hydrogen) atoms. The van der Waals surface area contributed by atoms with E-state index in [1.165, 1.54) is 0 Å². The Morgan fingerprint density at radius 3 is 2.27 bits per heavy atom. The van der Waals surface area contributed by atoms with E-state index < -0.39 is 5.60 Å². The van der Waals surface area contributed by atoms with E-state index in [1.807, 2.05) is 53.4 Å². The SMILES string of the molecule is O=C(C1CNNC1c1ccccc1)N1CCC(O)(c2ccccc2)CC1.